The fraction of sp³-hybridized carbons (Fsp3) is 0.125. The van der Waals surface area contributed by atoms with Gasteiger partial charge < -0.3 is 4.74 Å². The Morgan fingerprint density at radius 2 is 1.63 bits per heavy atom. The molecule has 0 saturated heterocycles. The lowest BCUT2D eigenvalue weighted by atomic mass is 10.0. The van der Waals surface area contributed by atoms with Gasteiger partial charge in [0.15, 0.2) is 5.92 Å². The van der Waals surface area contributed by atoms with Crippen LogP contribution in [0.2, 0.25) is 0 Å². The van der Waals surface area contributed by atoms with Crippen LogP contribution in [0.15, 0.2) is 60.7 Å². The standard InChI is InChI=1S/C16H13NO2/c17-11-15(14-9-5-2-6-10-14)16(18)19-12-13-7-3-1-4-8-13/h1-10,15H,12H2. The van der Waals surface area contributed by atoms with Crippen molar-refractivity contribution < 1.29 is 9.53 Å². The van der Waals surface area contributed by atoms with Crippen LogP contribution in [0.25, 0.3) is 0 Å². The highest BCUT2D eigenvalue weighted by Gasteiger charge is 2.21. The Morgan fingerprint density at radius 1 is 1.05 bits per heavy atom. The van der Waals surface area contributed by atoms with Crippen molar-refractivity contribution in [1.82, 2.24) is 0 Å². The number of rotatable bonds is 4. The van der Waals surface area contributed by atoms with E-state index >= 15 is 0 Å². The topological polar surface area (TPSA) is 50.1 Å². The van der Waals surface area contributed by atoms with Gasteiger partial charge in [0, 0.05) is 0 Å². The van der Waals surface area contributed by atoms with Crippen molar-refractivity contribution in [3.63, 3.8) is 0 Å². The third-order valence-corrected chi connectivity index (χ3v) is 2.72. The third-order valence-electron chi connectivity index (χ3n) is 2.72. The van der Waals surface area contributed by atoms with Crippen LogP contribution in [0.4, 0.5) is 0 Å². The average molecular weight is 251 g/mol. The van der Waals surface area contributed by atoms with E-state index in [4.69, 9.17) is 10.00 Å². The van der Waals surface area contributed by atoms with Gasteiger partial charge in [-0.2, -0.15) is 5.26 Å². The number of nitrogens with zero attached hydrogens (tertiary/aromatic N) is 1. The van der Waals surface area contributed by atoms with Crippen molar-refractivity contribution in [3.05, 3.63) is 71.8 Å². The molecule has 0 aliphatic rings. The van der Waals surface area contributed by atoms with E-state index in [9.17, 15) is 4.79 Å². The van der Waals surface area contributed by atoms with E-state index < -0.39 is 11.9 Å². The molecule has 0 fully saturated rings. The summed E-state index contributed by atoms with van der Waals surface area (Å²) in [5.74, 6) is -1.39. The highest BCUT2D eigenvalue weighted by Crippen LogP contribution is 2.17. The maximum Gasteiger partial charge on any atom is 0.328 e. The summed E-state index contributed by atoms with van der Waals surface area (Å²) >= 11 is 0. The van der Waals surface area contributed by atoms with Gasteiger partial charge >= 0.3 is 5.97 Å². The normalized spacial score (nSPS) is 11.3. The van der Waals surface area contributed by atoms with Gasteiger partial charge in [0.05, 0.1) is 6.07 Å². The molecule has 2 aromatic carbocycles. The molecule has 0 radical (unpaired) electrons. The van der Waals surface area contributed by atoms with Crippen molar-refractivity contribution >= 4 is 5.97 Å². The van der Waals surface area contributed by atoms with Gasteiger partial charge in [0.25, 0.3) is 0 Å². The molecule has 1 atom stereocenters. The van der Waals surface area contributed by atoms with Crippen molar-refractivity contribution in [2.24, 2.45) is 0 Å². The fourth-order valence-electron chi connectivity index (χ4n) is 1.72. The summed E-state index contributed by atoms with van der Waals surface area (Å²) < 4.78 is 5.17. The van der Waals surface area contributed by atoms with Crippen LogP contribution in [-0.2, 0) is 16.1 Å². The molecule has 0 bridgehead atoms. The van der Waals surface area contributed by atoms with Gasteiger partial charge in [-0.05, 0) is 11.1 Å². The lowest BCUT2D eigenvalue weighted by Crippen LogP contribution is -2.14. The molecule has 0 aliphatic heterocycles. The lowest BCUT2D eigenvalue weighted by molar-refractivity contribution is -0.145. The Bertz CT molecular complexity index is 573. The lowest BCUT2D eigenvalue weighted by Gasteiger charge is -2.09. The predicted molar refractivity (Wildman–Crippen MR) is 71.0 cm³/mol. The second-order valence-corrected chi connectivity index (χ2v) is 4.07. The molecule has 1 unspecified atom stereocenters. The van der Waals surface area contributed by atoms with Crippen LogP contribution in [0, 0.1) is 11.3 Å². The number of benzene rings is 2. The third kappa shape index (κ3) is 3.43. The maximum absolute atomic E-state index is 11.9. The van der Waals surface area contributed by atoms with Crippen LogP contribution in [0.3, 0.4) is 0 Å². The minimum atomic E-state index is -0.870. The highest BCUT2D eigenvalue weighted by molar-refractivity contribution is 5.81. The molecule has 0 spiro atoms. The SMILES string of the molecule is N#CC(C(=O)OCc1ccccc1)c1ccccc1. The molecule has 0 amide bonds. The van der Waals surface area contributed by atoms with Gasteiger partial charge in [-0.3, -0.25) is 4.79 Å². The first-order valence-corrected chi connectivity index (χ1v) is 5.96. The first kappa shape index (κ1) is 12.8. The molecule has 0 saturated carbocycles. The zero-order valence-electron chi connectivity index (χ0n) is 10.3. The number of hydrogen-bond donors (Lipinski definition) is 0. The number of nitriles is 1. The Labute approximate surface area is 112 Å². The molecule has 0 aliphatic carbocycles. The van der Waals surface area contributed by atoms with Gasteiger partial charge in [-0.25, -0.2) is 0 Å². The second-order valence-electron chi connectivity index (χ2n) is 4.07. The van der Waals surface area contributed by atoms with Crippen molar-refractivity contribution in [1.29, 1.82) is 5.26 Å². The summed E-state index contributed by atoms with van der Waals surface area (Å²) in [4.78, 5) is 11.9. The van der Waals surface area contributed by atoms with Crippen LogP contribution >= 0.6 is 0 Å². The Kier molecular flexibility index (Phi) is 4.30. The molecule has 19 heavy (non-hydrogen) atoms. The number of esters is 1. The number of ether oxygens (including phenoxy) is 1. The first-order valence-electron chi connectivity index (χ1n) is 5.96. The monoisotopic (exact) mass is 251 g/mol. The summed E-state index contributed by atoms with van der Waals surface area (Å²) in [6.45, 7) is 0.185. The number of carbonyl (C=O) groups excluding carboxylic acids is 1. The van der Waals surface area contributed by atoms with Gasteiger partial charge in [0.2, 0.25) is 0 Å². The van der Waals surface area contributed by atoms with Crippen molar-refractivity contribution in [2.75, 3.05) is 0 Å². The molecule has 2 rings (SSSR count). The highest BCUT2D eigenvalue weighted by atomic mass is 16.5. The van der Waals surface area contributed by atoms with Gasteiger partial charge in [0.1, 0.15) is 6.61 Å². The smallest absolute Gasteiger partial charge is 0.328 e. The first-order chi connectivity index (χ1) is 9.31. The minimum absolute atomic E-state index is 0.185. The molecule has 0 aromatic heterocycles. The van der Waals surface area contributed by atoms with E-state index in [0.717, 1.165) is 5.56 Å². The van der Waals surface area contributed by atoms with Crippen LogP contribution < -0.4 is 0 Å². The molecular weight excluding hydrogens is 238 g/mol. The zero-order chi connectivity index (χ0) is 13.5. The molecule has 2 aromatic rings. The van der Waals surface area contributed by atoms with E-state index in [0.29, 0.717) is 5.56 Å². The Hall–Kier alpha value is -2.60. The van der Waals surface area contributed by atoms with Crippen LogP contribution in [0.1, 0.15) is 17.0 Å². The molecule has 3 heteroatoms. The summed E-state index contributed by atoms with van der Waals surface area (Å²) in [6, 6.07) is 20.3. The Balaban J connectivity index is 2.01. The van der Waals surface area contributed by atoms with E-state index in [2.05, 4.69) is 0 Å². The molecule has 3 nitrogen and oxygen atoms in total. The molecule has 0 N–H and O–H groups in total. The van der Waals surface area contributed by atoms with E-state index in [1.807, 2.05) is 42.5 Å². The largest absolute Gasteiger partial charge is 0.460 e. The molecular formula is C16H13NO2. The predicted octanol–water partition coefficient (Wildman–Crippen LogP) is 3.04. The second kappa shape index (κ2) is 6.36. The van der Waals surface area contributed by atoms with E-state index in [-0.39, 0.29) is 6.61 Å². The fourth-order valence-corrected chi connectivity index (χ4v) is 1.72. The summed E-state index contributed by atoms with van der Waals surface area (Å²) in [7, 11) is 0. The van der Waals surface area contributed by atoms with Crippen LogP contribution in [0.5, 0.6) is 0 Å². The summed E-state index contributed by atoms with van der Waals surface area (Å²) in [5.41, 5.74) is 1.56. The van der Waals surface area contributed by atoms with Crippen LogP contribution in [-0.4, -0.2) is 5.97 Å². The van der Waals surface area contributed by atoms with Crippen molar-refractivity contribution in [2.45, 2.75) is 12.5 Å². The van der Waals surface area contributed by atoms with E-state index in [1.165, 1.54) is 0 Å². The maximum atomic E-state index is 11.9. The zero-order valence-corrected chi connectivity index (χ0v) is 10.3. The number of hydrogen-bond acceptors (Lipinski definition) is 3. The quantitative estimate of drug-likeness (QED) is 0.785. The summed E-state index contributed by atoms with van der Waals surface area (Å²) in [6.07, 6.45) is 0. The van der Waals surface area contributed by atoms with E-state index in [1.54, 1.807) is 24.3 Å². The summed E-state index contributed by atoms with van der Waals surface area (Å²) in [5, 5.41) is 9.10. The Morgan fingerprint density at radius 3 is 2.21 bits per heavy atom. The number of carbonyl (C=O) groups is 1. The van der Waals surface area contributed by atoms with Gasteiger partial charge in [-0.1, -0.05) is 60.7 Å². The van der Waals surface area contributed by atoms with Gasteiger partial charge in [-0.15, -0.1) is 0 Å². The minimum Gasteiger partial charge on any atom is -0.460 e. The van der Waals surface area contributed by atoms with Crippen molar-refractivity contribution in [3.8, 4) is 6.07 Å². The average Bonchev–Trinajstić information content (AvgIpc) is 2.48. The molecule has 0 heterocycles. The molecule has 94 valence electrons.